The van der Waals surface area contributed by atoms with E-state index in [0.717, 1.165) is 0 Å². The predicted molar refractivity (Wildman–Crippen MR) is 60.0 cm³/mol. The highest BCUT2D eigenvalue weighted by Crippen LogP contribution is 2.20. The Balaban J connectivity index is 2.70. The SMILES string of the molecule is O=C(O)c1ccc(NCC(O)CO)cc1Cl. The molecule has 1 aromatic rings. The molecule has 0 saturated carbocycles. The first kappa shape index (κ1) is 12.8. The molecule has 1 atom stereocenters. The lowest BCUT2D eigenvalue weighted by atomic mass is 10.2. The molecule has 1 rings (SSSR count). The average molecular weight is 246 g/mol. The second-order valence-electron chi connectivity index (χ2n) is 3.22. The van der Waals surface area contributed by atoms with Crippen molar-refractivity contribution in [2.75, 3.05) is 18.5 Å². The van der Waals surface area contributed by atoms with E-state index < -0.39 is 12.1 Å². The molecule has 0 aliphatic carbocycles. The van der Waals surface area contributed by atoms with Crippen LogP contribution in [0.25, 0.3) is 0 Å². The van der Waals surface area contributed by atoms with Crippen LogP contribution in [0.3, 0.4) is 0 Å². The van der Waals surface area contributed by atoms with E-state index in [1.54, 1.807) is 6.07 Å². The van der Waals surface area contributed by atoms with Crippen LogP contribution >= 0.6 is 11.6 Å². The molecule has 88 valence electrons. The molecule has 1 unspecified atom stereocenters. The fraction of sp³-hybridized carbons (Fsp3) is 0.300. The van der Waals surface area contributed by atoms with Gasteiger partial charge < -0.3 is 20.6 Å². The van der Waals surface area contributed by atoms with E-state index in [2.05, 4.69) is 5.32 Å². The Hall–Kier alpha value is -1.30. The highest BCUT2D eigenvalue weighted by Gasteiger charge is 2.09. The number of carboxylic acids is 1. The van der Waals surface area contributed by atoms with Crippen LogP contribution < -0.4 is 5.32 Å². The number of carbonyl (C=O) groups is 1. The van der Waals surface area contributed by atoms with Gasteiger partial charge in [-0.2, -0.15) is 0 Å². The molecule has 6 heteroatoms. The van der Waals surface area contributed by atoms with E-state index in [4.69, 9.17) is 26.9 Å². The summed E-state index contributed by atoms with van der Waals surface area (Å²) in [4.78, 5) is 10.7. The zero-order chi connectivity index (χ0) is 12.1. The number of rotatable bonds is 5. The second-order valence-corrected chi connectivity index (χ2v) is 3.62. The van der Waals surface area contributed by atoms with Gasteiger partial charge >= 0.3 is 5.97 Å². The van der Waals surface area contributed by atoms with Gasteiger partial charge in [-0.15, -0.1) is 0 Å². The molecule has 16 heavy (non-hydrogen) atoms. The van der Waals surface area contributed by atoms with Gasteiger partial charge in [-0.25, -0.2) is 4.79 Å². The topological polar surface area (TPSA) is 89.8 Å². The lowest BCUT2D eigenvalue weighted by molar-refractivity contribution is 0.0697. The van der Waals surface area contributed by atoms with Gasteiger partial charge in [-0.3, -0.25) is 0 Å². The maximum Gasteiger partial charge on any atom is 0.337 e. The summed E-state index contributed by atoms with van der Waals surface area (Å²) in [5.41, 5.74) is 0.609. The minimum atomic E-state index is -1.09. The molecule has 0 bridgehead atoms. The molecule has 0 spiro atoms. The number of aliphatic hydroxyl groups excluding tert-OH is 2. The van der Waals surface area contributed by atoms with Crippen LogP contribution in [-0.4, -0.2) is 40.5 Å². The highest BCUT2D eigenvalue weighted by molar-refractivity contribution is 6.33. The number of carboxylic acid groups (broad SMARTS) is 1. The first-order valence-electron chi connectivity index (χ1n) is 4.60. The molecule has 0 aromatic heterocycles. The Bertz CT molecular complexity index is 383. The van der Waals surface area contributed by atoms with E-state index in [1.807, 2.05) is 0 Å². The van der Waals surface area contributed by atoms with Crippen LogP contribution in [-0.2, 0) is 0 Å². The molecule has 1 aromatic carbocycles. The Morgan fingerprint density at radius 1 is 1.50 bits per heavy atom. The minimum Gasteiger partial charge on any atom is -0.478 e. The Labute approximate surface area is 97.3 Å². The molecule has 0 heterocycles. The number of anilines is 1. The molecule has 0 amide bonds. The first-order chi connectivity index (χ1) is 7.54. The van der Waals surface area contributed by atoms with Gasteiger partial charge in [0.25, 0.3) is 0 Å². The molecule has 0 radical (unpaired) electrons. The largest absolute Gasteiger partial charge is 0.478 e. The van der Waals surface area contributed by atoms with Crippen LogP contribution in [0.4, 0.5) is 5.69 Å². The molecular weight excluding hydrogens is 234 g/mol. The average Bonchev–Trinajstić information content (AvgIpc) is 2.25. The summed E-state index contributed by atoms with van der Waals surface area (Å²) in [6, 6.07) is 4.37. The van der Waals surface area contributed by atoms with E-state index in [-0.39, 0.29) is 23.7 Å². The Kier molecular flexibility index (Phi) is 4.54. The van der Waals surface area contributed by atoms with E-state index in [9.17, 15) is 4.79 Å². The van der Waals surface area contributed by atoms with Crippen LogP contribution in [0.15, 0.2) is 18.2 Å². The van der Waals surface area contributed by atoms with Crippen LogP contribution in [0.5, 0.6) is 0 Å². The van der Waals surface area contributed by atoms with Crippen molar-refractivity contribution in [3.05, 3.63) is 28.8 Å². The third kappa shape index (κ3) is 3.37. The maximum atomic E-state index is 10.7. The van der Waals surface area contributed by atoms with E-state index in [1.165, 1.54) is 12.1 Å². The zero-order valence-electron chi connectivity index (χ0n) is 8.35. The maximum absolute atomic E-state index is 10.7. The van der Waals surface area contributed by atoms with Gasteiger partial charge in [0.05, 0.1) is 23.3 Å². The van der Waals surface area contributed by atoms with Crippen molar-refractivity contribution in [1.82, 2.24) is 0 Å². The van der Waals surface area contributed by atoms with Gasteiger partial charge in [-0.05, 0) is 18.2 Å². The first-order valence-corrected chi connectivity index (χ1v) is 4.98. The third-order valence-corrected chi connectivity index (χ3v) is 2.26. The lowest BCUT2D eigenvalue weighted by Gasteiger charge is -2.10. The number of benzene rings is 1. The van der Waals surface area contributed by atoms with E-state index >= 15 is 0 Å². The summed E-state index contributed by atoms with van der Waals surface area (Å²) in [5.74, 6) is -1.09. The molecular formula is C10H12ClNO4. The summed E-state index contributed by atoms with van der Waals surface area (Å²) in [6.45, 7) is -0.173. The molecule has 0 fully saturated rings. The van der Waals surface area contributed by atoms with Crippen molar-refractivity contribution in [2.45, 2.75) is 6.10 Å². The van der Waals surface area contributed by atoms with Crippen molar-refractivity contribution in [2.24, 2.45) is 0 Å². The van der Waals surface area contributed by atoms with Crippen LogP contribution in [0.2, 0.25) is 5.02 Å². The summed E-state index contributed by atoms with van der Waals surface area (Å²) in [7, 11) is 0. The Morgan fingerprint density at radius 3 is 2.69 bits per heavy atom. The quantitative estimate of drug-likeness (QED) is 0.616. The standard InChI is InChI=1S/C10H12ClNO4/c11-9-3-6(12-4-7(14)5-13)1-2-8(9)10(15)16/h1-3,7,12-14H,4-5H2,(H,15,16). The number of hydrogen-bond donors (Lipinski definition) is 4. The fourth-order valence-corrected chi connectivity index (χ4v) is 1.36. The number of aromatic carboxylic acids is 1. The van der Waals surface area contributed by atoms with Crippen molar-refractivity contribution < 1.29 is 20.1 Å². The zero-order valence-corrected chi connectivity index (χ0v) is 9.11. The summed E-state index contributed by atoms with van der Waals surface area (Å²) < 4.78 is 0. The highest BCUT2D eigenvalue weighted by atomic mass is 35.5. The Morgan fingerprint density at radius 2 is 2.19 bits per heavy atom. The van der Waals surface area contributed by atoms with Crippen LogP contribution in [0.1, 0.15) is 10.4 Å². The summed E-state index contributed by atoms with van der Waals surface area (Å²) in [5, 5.41) is 29.4. The van der Waals surface area contributed by atoms with Gasteiger partial charge in [0.1, 0.15) is 0 Å². The van der Waals surface area contributed by atoms with Gasteiger partial charge in [0.15, 0.2) is 0 Å². The van der Waals surface area contributed by atoms with Crippen molar-refractivity contribution >= 4 is 23.3 Å². The van der Waals surface area contributed by atoms with E-state index in [0.29, 0.717) is 5.69 Å². The van der Waals surface area contributed by atoms with Gasteiger partial charge in [0.2, 0.25) is 0 Å². The normalized spacial score (nSPS) is 12.2. The molecule has 0 saturated heterocycles. The number of aliphatic hydroxyl groups is 2. The van der Waals surface area contributed by atoms with Crippen molar-refractivity contribution in [1.29, 1.82) is 0 Å². The third-order valence-electron chi connectivity index (χ3n) is 1.95. The summed E-state index contributed by atoms with van der Waals surface area (Å²) >= 11 is 5.74. The monoisotopic (exact) mass is 245 g/mol. The smallest absolute Gasteiger partial charge is 0.337 e. The molecule has 0 aliphatic rings. The van der Waals surface area contributed by atoms with Gasteiger partial charge in [-0.1, -0.05) is 11.6 Å². The second kappa shape index (κ2) is 5.69. The number of hydrogen-bond acceptors (Lipinski definition) is 4. The number of halogens is 1. The summed E-state index contributed by atoms with van der Waals surface area (Å²) in [6.07, 6.45) is -0.863. The van der Waals surface area contributed by atoms with Gasteiger partial charge in [0, 0.05) is 12.2 Å². The molecule has 0 aliphatic heterocycles. The predicted octanol–water partition coefficient (Wildman–Crippen LogP) is 0.803. The molecule has 5 nitrogen and oxygen atoms in total. The van der Waals surface area contributed by atoms with Crippen LogP contribution in [0, 0.1) is 0 Å². The fourth-order valence-electron chi connectivity index (χ4n) is 1.10. The lowest BCUT2D eigenvalue weighted by Crippen LogP contribution is -2.22. The minimum absolute atomic E-state index is 0.0231. The van der Waals surface area contributed by atoms with Crippen molar-refractivity contribution in [3.8, 4) is 0 Å². The molecule has 4 N–H and O–H groups in total. The van der Waals surface area contributed by atoms with Crippen molar-refractivity contribution in [3.63, 3.8) is 0 Å². The number of nitrogens with one attached hydrogen (secondary N) is 1.